The second-order valence-electron chi connectivity index (χ2n) is 3.60. The number of aryl methyl sites for hydroxylation is 1. The molecule has 0 aliphatic rings. The lowest BCUT2D eigenvalue weighted by atomic mass is 10.4. The minimum atomic E-state index is -0.348. The molecule has 2 N–H and O–H groups in total. The summed E-state index contributed by atoms with van der Waals surface area (Å²) in [5.74, 6) is 0.388. The Morgan fingerprint density at radius 2 is 2.41 bits per heavy atom. The lowest BCUT2D eigenvalue weighted by Crippen LogP contribution is -2.15. The van der Waals surface area contributed by atoms with E-state index >= 15 is 0 Å². The predicted octanol–water partition coefficient (Wildman–Crippen LogP) is 1.04. The summed E-state index contributed by atoms with van der Waals surface area (Å²) in [5, 5.41) is 7.20. The van der Waals surface area contributed by atoms with Crippen LogP contribution in [-0.4, -0.2) is 26.3 Å². The third kappa shape index (κ3) is 2.85. The van der Waals surface area contributed by atoms with Gasteiger partial charge in [0.2, 0.25) is 0 Å². The topological polar surface area (TPSA) is 75.6 Å². The summed E-state index contributed by atoms with van der Waals surface area (Å²) >= 11 is 5.79. The Balaban J connectivity index is 1.94. The van der Waals surface area contributed by atoms with Crippen LogP contribution in [0.1, 0.15) is 5.56 Å². The third-order valence-corrected chi connectivity index (χ3v) is 2.54. The summed E-state index contributed by atoms with van der Waals surface area (Å²) in [6, 6.07) is 0. The molecular formula is C10H12ClN5O. The molecule has 2 aromatic heterocycles. The van der Waals surface area contributed by atoms with Gasteiger partial charge in [0.15, 0.2) is 5.82 Å². The Hall–Kier alpha value is -1.82. The van der Waals surface area contributed by atoms with Crippen LogP contribution >= 0.6 is 11.6 Å². The van der Waals surface area contributed by atoms with E-state index in [4.69, 9.17) is 11.6 Å². The molecule has 90 valence electrons. The maximum absolute atomic E-state index is 11.2. The van der Waals surface area contributed by atoms with Crippen LogP contribution in [0.15, 0.2) is 23.5 Å². The van der Waals surface area contributed by atoms with Gasteiger partial charge in [0.25, 0.3) is 5.56 Å². The molecule has 2 heterocycles. The lowest BCUT2D eigenvalue weighted by molar-refractivity contribution is 0.636. The largest absolute Gasteiger partial charge is 0.367 e. The van der Waals surface area contributed by atoms with Crippen LogP contribution in [0.4, 0.5) is 5.82 Å². The Kier molecular flexibility index (Phi) is 3.43. The first-order valence-electron chi connectivity index (χ1n) is 5.13. The standard InChI is InChI=1S/C10H12ClN5O/c1-7-4-15-16(5-7)3-2-12-9-8(11)10(17)14-6-13-9/h4-6H,2-3H2,1H3,(H2,12,13,14,17). The first kappa shape index (κ1) is 11.7. The van der Waals surface area contributed by atoms with Gasteiger partial charge in [-0.15, -0.1) is 0 Å². The number of aromatic amines is 1. The van der Waals surface area contributed by atoms with Crippen molar-refractivity contribution >= 4 is 17.4 Å². The van der Waals surface area contributed by atoms with Crippen molar-refractivity contribution in [1.29, 1.82) is 0 Å². The van der Waals surface area contributed by atoms with Crippen molar-refractivity contribution in [3.8, 4) is 0 Å². The second-order valence-corrected chi connectivity index (χ2v) is 3.98. The number of rotatable bonds is 4. The fourth-order valence-electron chi connectivity index (χ4n) is 1.38. The quantitative estimate of drug-likeness (QED) is 0.854. The molecule has 2 rings (SSSR count). The van der Waals surface area contributed by atoms with Gasteiger partial charge < -0.3 is 10.3 Å². The first-order chi connectivity index (χ1) is 8.16. The van der Waals surface area contributed by atoms with E-state index in [1.165, 1.54) is 6.33 Å². The number of anilines is 1. The van der Waals surface area contributed by atoms with Gasteiger partial charge >= 0.3 is 0 Å². The Morgan fingerprint density at radius 1 is 1.59 bits per heavy atom. The number of H-pyrrole nitrogens is 1. The van der Waals surface area contributed by atoms with Crippen LogP contribution < -0.4 is 10.9 Å². The molecule has 0 bridgehead atoms. The second kappa shape index (κ2) is 5.01. The SMILES string of the molecule is Cc1cnn(CCNc2nc[nH]c(=O)c2Cl)c1. The van der Waals surface area contributed by atoms with Crippen molar-refractivity contribution in [3.05, 3.63) is 39.7 Å². The van der Waals surface area contributed by atoms with Crippen LogP contribution in [0.25, 0.3) is 0 Å². The molecule has 0 aromatic carbocycles. The number of aromatic nitrogens is 4. The van der Waals surface area contributed by atoms with Crippen LogP contribution in [-0.2, 0) is 6.54 Å². The van der Waals surface area contributed by atoms with Gasteiger partial charge in [-0.3, -0.25) is 9.48 Å². The van der Waals surface area contributed by atoms with E-state index in [2.05, 4.69) is 20.4 Å². The van der Waals surface area contributed by atoms with Crippen molar-refractivity contribution < 1.29 is 0 Å². The van der Waals surface area contributed by atoms with Gasteiger partial charge in [-0.25, -0.2) is 4.98 Å². The average Bonchev–Trinajstić information content (AvgIpc) is 2.70. The van der Waals surface area contributed by atoms with E-state index in [0.717, 1.165) is 5.56 Å². The zero-order valence-electron chi connectivity index (χ0n) is 9.27. The zero-order chi connectivity index (χ0) is 12.3. The molecule has 0 aliphatic heterocycles. The minimum absolute atomic E-state index is 0.0733. The molecule has 17 heavy (non-hydrogen) atoms. The summed E-state index contributed by atoms with van der Waals surface area (Å²) in [5.41, 5.74) is 0.761. The number of nitrogens with zero attached hydrogens (tertiary/aromatic N) is 3. The van der Waals surface area contributed by atoms with Gasteiger partial charge in [0.1, 0.15) is 5.02 Å². The summed E-state index contributed by atoms with van der Waals surface area (Å²) in [6.45, 7) is 3.25. The predicted molar refractivity (Wildman–Crippen MR) is 65.3 cm³/mol. The molecule has 0 atom stereocenters. The molecule has 0 amide bonds. The molecule has 0 aliphatic carbocycles. The van der Waals surface area contributed by atoms with Crippen molar-refractivity contribution in [3.63, 3.8) is 0 Å². The highest BCUT2D eigenvalue weighted by Crippen LogP contribution is 2.11. The summed E-state index contributed by atoms with van der Waals surface area (Å²) < 4.78 is 1.81. The van der Waals surface area contributed by atoms with Crippen LogP contribution in [0.3, 0.4) is 0 Å². The maximum atomic E-state index is 11.2. The molecule has 0 saturated carbocycles. The van der Waals surface area contributed by atoms with Crippen LogP contribution in [0.2, 0.25) is 5.02 Å². The van der Waals surface area contributed by atoms with Crippen LogP contribution in [0.5, 0.6) is 0 Å². The highest BCUT2D eigenvalue weighted by Gasteiger charge is 2.04. The summed E-state index contributed by atoms with van der Waals surface area (Å²) in [4.78, 5) is 17.5. The molecule has 0 unspecified atom stereocenters. The molecule has 2 aromatic rings. The molecule has 0 spiro atoms. The molecule has 6 nitrogen and oxygen atoms in total. The van der Waals surface area contributed by atoms with Crippen molar-refractivity contribution in [2.45, 2.75) is 13.5 Å². The van der Waals surface area contributed by atoms with E-state index in [-0.39, 0.29) is 10.6 Å². The smallest absolute Gasteiger partial charge is 0.271 e. The van der Waals surface area contributed by atoms with E-state index in [1.807, 2.05) is 17.8 Å². The zero-order valence-corrected chi connectivity index (χ0v) is 10.0. The highest BCUT2D eigenvalue weighted by atomic mass is 35.5. The van der Waals surface area contributed by atoms with E-state index in [9.17, 15) is 4.79 Å². The number of halogens is 1. The Morgan fingerprint density at radius 3 is 3.12 bits per heavy atom. The Bertz CT molecular complexity index is 562. The average molecular weight is 254 g/mol. The fraction of sp³-hybridized carbons (Fsp3) is 0.300. The third-order valence-electron chi connectivity index (χ3n) is 2.19. The number of hydrogen-bond donors (Lipinski definition) is 2. The molecule has 0 saturated heterocycles. The summed E-state index contributed by atoms with van der Waals surface area (Å²) in [6.07, 6.45) is 5.04. The van der Waals surface area contributed by atoms with Gasteiger partial charge in [0.05, 0.1) is 19.1 Å². The Labute approximate surface area is 103 Å². The lowest BCUT2D eigenvalue weighted by Gasteiger charge is -2.06. The number of hydrogen-bond acceptors (Lipinski definition) is 4. The summed E-state index contributed by atoms with van der Waals surface area (Å²) in [7, 11) is 0. The van der Waals surface area contributed by atoms with E-state index in [1.54, 1.807) is 6.20 Å². The van der Waals surface area contributed by atoms with Crippen LogP contribution in [0, 0.1) is 6.92 Å². The van der Waals surface area contributed by atoms with Gasteiger partial charge in [-0.1, -0.05) is 11.6 Å². The highest BCUT2D eigenvalue weighted by molar-refractivity contribution is 6.32. The van der Waals surface area contributed by atoms with Gasteiger partial charge in [-0.05, 0) is 12.5 Å². The van der Waals surface area contributed by atoms with Gasteiger partial charge in [0, 0.05) is 12.7 Å². The maximum Gasteiger partial charge on any atom is 0.271 e. The first-order valence-corrected chi connectivity index (χ1v) is 5.51. The monoisotopic (exact) mass is 253 g/mol. The van der Waals surface area contributed by atoms with Crippen molar-refractivity contribution in [2.24, 2.45) is 0 Å². The number of nitrogens with one attached hydrogen (secondary N) is 2. The van der Waals surface area contributed by atoms with Crippen molar-refractivity contribution in [1.82, 2.24) is 19.7 Å². The normalized spacial score (nSPS) is 10.5. The fourth-order valence-corrected chi connectivity index (χ4v) is 1.55. The molecule has 7 heteroatoms. The van der Waals surface area contributed by atoms with Gasteiger partial charge in [-0.2, -0.15) is 5.10 Å². The van der Waals surface area contributed by atoms with E-state index in [0.29, 0.717) is 18.9 Å². The molecular weight excluding hydrogens is 242 g/mol. The minimum Gasteiger partial charge on any atom is -0.367 e. The molecule has 0 fully saturated rings. The van der Waals surface area contributed by atoms with Crippen molar-refractivity contribution in [2.75, 3.05) is 11.9 Å². The van der Waals surface area contributed by atoms with E-state index < -0.39 is 0 Å². The molecule has 0 radical (unpaired) electrons.